The first kappa shape index (κ1) is 9.57. The van der Waals surface area contributed by atoms with Gasteiger partial charge in [-0.3, -0.25) is 0 Å². The monoisotopic (exact) mass is 164 g/mol. The van der Waals surface area contributed by atoms with Crippen LogP contribution in [0.3, 0.4) is 0 Å². The first-order valence-corrected chi connectivity index (χ1v) is 4.97. The SMILES string of the molecule is CCCC1=C(C)C(C)=C(C)[C@@H]1C. The van der Waals surface area contributed by atoms with Gasteiger partial charge in [-0.25, -0.2) is 0 Å². The number of hydrogen-bond acceptors (Lipinski definition) is 0. The van der Waals surface area contributed by atoms with Crippen molar-refractivity contribution >= 4 is 0 Å². The maximum Gasteiger partial charge on any atom is -0.00126 e. The quantitative estimate of drug-likeness (QED) is 0.576. The van der Waals surface area contributed by atoms with Crippen LogP contribution in [0.1, 0.15) is 47.5 Å². The first-order chi connectivity index (χ1) is 5.59. The van der Waals surface area contributed by atoms with Gasteiger partial charge >= 0.3 is 0 Å². The normalized spacial score (nSPS) is 24.2. The number of rotatable bonds is 2. The van der Waals surface area contributed by atoms with Crippen LogP contribution in [-0.4, -0.2) is 0 Å². The summed E-state index contributed by atoms with van der Waals surface area (Å²) in [5.74, 6) is 0.713. The summed E-state index contributed by atoms with van der Waals surface area (Å²) < 4.78 is 0. The lowest BCUT2D eigenvalue weighted by molar-refractivity contribution is 0.736. The Morgan fingerprint density at radius 3 is 2.00 bits per heavy atom. The van der Waals surface area contributed by atoms with Gasteiger partial charge in [0.25, 0.3) is 0 Å². The zero-order chi connectivity index (χ0) is 9.30. The van der Waals surface area contributed by atoms with Crippen LogP contribution in [0.4, 0.5) is 0 Å². The van der Waals surface area contributed by atoms with E-state index in [9.17, 15) is 0 Å². The molecule has 0 bridgehead atoms. The summed E-state index contributed by atoms with van der Waals surface area (Å²) in [6, 6.07) is 0. The average molecular weight is 164 g/mol. The molecule has 0 spiro atoms. The molecule has 1 rings (SSSR count). The largest absolute Gasteiger partial charge is 0.0651 e. The van der Waals surface area contributed by atoms with Gasteiger partial charge in [-0.15, -0.1) is 0 Å². The molecule has 0 saturated carbocycles. The van der Waals surface area contributed by atoms with E-state index in [2.05, 4.69) is 34.6 Å². The third-order valence-electron chi connectivity index (χ3n) is 3.33. The predicted octanol–water partition coefficient (Wildman–Crippen LogP) is 4.09. The van der Waals surface area contributed by atoms with Gasteiger partial charge in [0.05, 0.1) is 0 Å². The van der Waals surface area contributed by atoms with Crippen LogP contribution in [0, 0.1) is 5.92 Å². The molecule has 0 fully saturated rings. The molecule has 0 aliphatic heterocycles. The maximum absolute atomic E-state index is 2.33. The molecular formula is C12H20. The van der Waals surface area contributed by atoms with Crippen molar-refractivity contribution in [1.82, 2.24) is 0 Å². The highest BCUT2D eigenvalue weighted by molar-refractivity contribution is 5.46. The van der Waals surface area contributed by atoms with Gasteiger partial charge in [-0.05, 0) is 44.3 Å². The summed E-state index contributed by atoms with van der Waals surface area (Å²) in [5.41, 5.74) is 6.34. The van der Waals surface area contributed by atoms with Gasteiger partial charge < -0.3 is 0 Å². The van der Waals surface area contributed by atoms with Crippen LogP contribution < -0.4 is 0 Å². The molecule has 0 amide bonds. The van der Waals surface area contributed by atoms with Crippen molar-refractivity contribution in [3.63, 3.8) is 0 Å². The molecule has 0 saturated heterocycles. The van der Waals surface area contributed by atoms with Crippen molar-refractivity contribution in [2.24, 2.45) is 5.92 Å². The lowest BCUT2D eigenvalue weighted by Crippen LogP contribution is -1.96. The van der Waals surface area contributed by atoms with Gasteiger partial charge in [-0.1, -0.05) is 31.4 Å². The molecule has 0 aromatic carbocycles. The fraction of sp³-hybridized carbons (Fsp3) is 0.667. The Hall–Kier alpha value is -0.520. The molecule has 0 unspecified atom stereocenters. The van der Waals surface area contributed by atoms with E-state index in [1.54, 1.807) is 16.7 Å². The molecule has 0 heterocycles. The Labute approximate surface area is 76.4 Å². The van der Waals surface area contributed by atoms with E-state index in [4.69, 9.17) is 0 Å². The van der Waals surface area contributed by atoms with E-state index in [1.807, 2.05) is 0 Å². The Kier molecular flexibility index (Phi) is 2.76. The molecule has 1 atom stereocenters. The summed E-state index contributed by atoms with van der Waals surface area (Å²) in [5, 5.41) is 0. The molecule has 1 aliphatic rings. The van der Waals surface area contributed by atoms with E-state index < -0.39 is 0 Å². The minimum Gasteiger partial charge on any atom is -0.0651 e. The van der Waals surface area contributed by atoms with Gasteiger partial charge in [0.2, 0.25) is 0 Å². The smallest absolute Gasteiger partial charge is 0.00126 e. The zero-order valence-electron chi connectivity index (χ0n) is 8.99. The second-order valence-corrected chi connectivity index (χ2v) is 3.93. The van der Waals surface area contributed by atoms with Crippen molar-refractivity contribution in [2.45, 2.75) is 47.5 Å². The van der Waals surface area contributed by atoms with Crippen molar-refractivity contribution in [1.29, 1.82) is 0 Å². The van der Waals surface area contributed by atoms with E-state index in [-0.39, 0.29) is 0 Å². The van der Waals surface area contributed by atoms with Crippen LogP contribution in [0.2, 0.25) is 0 Å². The maximum atomic E-state index is 2.33. The van der Waals surface area contributed by atoms with Crippen molar-refractivity contribution in [2.75, 3.05) is 0 Å². The van der Waals surface area contributed by atoms with Crippen molar-refractivity contribution < 1.29 is 0 Å². The molecule has 12 heavy (non-hydrogen) atoms. The molecule has 0 N–H and O–H groups in total. The molecular weight excluding hydrogens is 144 g/mol. The van der Waals surface area contributed by atoms with Crippen LogP contribution in [0.25, 0.3) is 0 Å². The Bertz CT molecular complexity index is 241. The molecule has 0 heteroatoms. The highest BCUT2D eigenvalue weighted by Gasteiger charge is 2.21. The number of allylic oxidation sites excluding steroid dienone is 4. The van der Waals surface area contributed by atoms with Crippen LogP contribution >= 0.6 is 0 Å². The van der Waals surface area contributed by atoms with E-state index in [0.717, 1.165) is 0 Å². The third-order valence-corrected chi connectivity index (χ3v) is 3.33. The molecule has 68 valence electrons. The summed E-state index contributed by atoms with van der Waals surface area (Å²) in [6.07, 6.45) is 2.55. The Balaban J connectivity index is 2.92. The summed E-state index contributed by atoms with van der Waals surface area (Å²) in [7, 11) is 0. The van der Waals surface area contributed by atoms with Crippen LogP contribution in [-0.2, 0) is 0 Å². The Morgan fingerprint density at radius 1 is 1.08 bits per heavy atom. The van der Waals surface area contributed by atoms with Crippen LogP contribution in [0.15, 0.2) is 22.3 Å². The zero-order valence-corrected chi connectivity index (χ0v) is 8.99. The predicted molar refractivity (Wildman–Crippen MR) is 55.1 cm³/mol. The summed E-state index contributed by atoms with van der Waals surface area (Å²) in [6.45, 7) is 11.4. The fourth-order valence-corrected chi connectivity index (χ4v) is 2.12. The van der Waals surface area contributed by atoms with Crippen molar-refractivity contribution in [3.05, 3.63) is 22.3 Å². The first-order valence-electron chi connectivity index (χ1n) is 4.97. The Morgan fingerprint density at radius 2 is 1.67 bits per heavy atom. The van der Waals surface area contributed by atoms with Crippen molar-refractivity contribution in [3.8, 4) is 0 Å². The number of hydrogen-bond donors (Lipinski definition) is 0. The molecule has 1 aliphatic carbocycles. The second kappa shape index (κ2) is 3.47. The second-order valence-electron chi connectivity index (χ2n) is 3.93. The van der Waals surface area contributed by atoms with E-state index >= 15 is 0 Å². The van der Waals surface area contributed by atoms with Gasteiger partial charge in [0.15, 0.2) is 0 Å². The molecule has 0 aromatic rings. The third kappa shape index (κ3) is 1.35. The minimum atomic E-state index is 0.713. The fourth-order valence-electron chi connectivity index (χ4n) is 2.12. The lowest BCUT2D eigenvalue weighted by atomic mass is 9.95. The minimum absolute atomic E-state index is 0.713. The molecule has 0 radical (unpaired) electrons. The standard InChI is InChI=1S/C12H20/c1-6-7-12-10(4)8(2)9(3)11(12)5/h10H,6-7H2,1-5H3/t10-/m0/s1. The highest BCUT2D eigenvalue weighted by atomic mass is 14.3. The lowest BCUT2D eigenvalue weighted by Gasteiger charge is -2.10. The highest BCUT2D eigenvalue weighted by Crippen LogP contribution is 2.38. The average Bonchev–Trinajstić information content (AvgIpc) is 2.23. The summed E-state index contributed by atoms with van der Waals surface area (Å²) in [4.78, 5) is 0. The van der Waals surface area contributed by atoms with Gasteiger partial charge in [0, 0.05) is 0 Å². The van der Waals surface area contributed by atoms with Gasteiger partial charge in [0.1, 0.15) is 0 Å². The van der Waals surface area contributed by atoms with E-state index in [0.29, 0.717) is 5.92 Å². The topological polar surface area (TPSA) is 0 Å². The van der Waals surface area contributed by atoms with Gasteiger partial charge in [-0.2, -0.15) is 0 Å². The summed E-state index contributed by atoms with van der Waals surface area (Å²) >= 11 is 0. The van der Waals surface area contributed by atoms with E-state index in [1.165, 1.54) is 18.4 Å². The van der Waals surface area contributed by atoms with Crippen LogP contribution in [0.5, 0.6) is 0 Å². The molecule has 0 aromatic heterocycles. The molecule has 0 nitrogen and oxygen atoms in total.